The quantitative estimate of drug-likeness (QED) is 0.822. The zero-order chi connectivity index (χ0) is 12.5. The predicted molar refractivity (Wildman–Crippen MR) is 69.2 cm³/mol. The van der Waals surface area contributed by atoms with E-state index in [4.69, 9.17) is 9.47 Å². The molecule has 1 N–H and O–H groups in total. The summed E-state index contributed by atoms with van der Waals surface area (Å²) < 4.78 is 12.2. The van der Waals surface area contributed by atoms with Crippen molar-refractivity contribution in [2.24, 2.45) is 5.92 Å². The molecular formula is C14H27NO2. The van der Waals surface area contributed by atoms with Gasteiger partial charge in [-0.1, -0.05) is 0 Å². The van der Waals surface area contributed by atoms with E-state index in [1.54, 1.807) is 0 Å². The average Bonchev–Trinajstić information content (AvgIpc) is 2.45. The lowest BCUT2D eigenvalue weighted by Gasteiger charge is -2.29. The average molecular weight is 241 g/mol. The highest BCUT2D eigenvalue weighted by atomic mass is 16.6. The zero-order valence-corrected chi connectivity index (χ0v) is 11.7. The van der Waals surface area contributed by atoms with Crippen molar-refractivity contribution in [3.8, 4) is 0 Å². The number of piperidine rings is 1. The van der Waals surface area contributed by atoms with Gasteiger partial charge in [0.1, 0.15) is 0 Å². The van der Waals surface area contributed by atoms with Gasteiger partial charge in [0, 0.05) is 13.0 Å². The number of ether oxygens (including phenoxy) is 2. The van der Waals surface area contributed by atoms with E-state index in [1.807, 2.05) is 0 Å². The molecule has 0 amide bonds. The van der Waals surface area contributed by atoms with Crippen molar-refractivity contribution in [1.29, 1.82) is 0 Å². The summed E-state index contributed by atoms with van der Waals surface area (Å²) in [5.41, 5.74) is -0.190. The predicted octanol–water partition coefficient (Wildman–Crippen LogP) is 2.35. The third kappa shape index (κ3) is 3.43. The highest BCUT2D eigenvalue weighted by molar-refractivity contribution is 4.95. The van der Waals surface area contributed by atoms with Gasteiger partial charge in [-0.25, -0.2) is 0 Å². The van der Waals surface area contributed by atoms with Gasteiger partial charge in [0.05, 0.1) is 23.9 Å². The topological polar surface area (TPSA) is 30.5 Å². The van der Waals surface area contributed by atoms with Gasteiger partial charge < -0.3 is 14.8 Å². The lowest BCUT2D eigenvalue weighted by Crippen LogP contribution is -2.38. The van der Waals surface area contributed by atoms with Gasteiger partial charge >= 0.3 is 0 Å². The molecule has 0 radical (unpaired) electrons. The number of hydrogen-bond acceptors (Lipinski definition) is 3. The molecule has 0 aromatic carbocycles. The van der Waals surface area contributed by atoms with Gasteiger partial charge in [-0.3, -0.25) is 0 Å². The Morgan fingerprint density at radius 2 is 2.06 bits per heavy atom. The fourth-order valence-corrected chi connectivity index (χ4v) is 3.09. The third-order valence-corrected chi connectivity index (χ3v) is 3.92. The van der Waals surface area contributed by atoms with Crippen LogP contribution in [0.4, 0.5) is 0 Å². The second kappa shape index (κ2) is 4.87. The molecule has 0 aliphatic carbocycles. The first-order valence-corrected chi connectivity index (χ1v) is 6.91. The maximum Gasteiger partial charge on any atom is 0.0895 e. The lowest BCUT2D eigenvalue weighted by atomic mass is 9.96. The van der Waals surface area contributed by atoms with Gasteiger partial charge in [0.2, 0.25) is 0 Å². The molecule has 2 saturated heterocycles. The summed E-state index contributed by atoms with van der Waals surface area (Å²) in [4.78, 5) is 0. The fourth-order valence-electron chi connectivity index (χ4n) is 3.09. The number of rotatable bonds is 3. The Labute approximate surface area is 105 Å². The maximum absolute atomic E-state index is 6.13. The molecule has 2 unspecified atom stereocenters. The number of nitrogens with one attached hydrogen (secondary N) is 1. The summed E-state index contributed by atoms with van der Waals surface area (Å²) in [7, 11) is 0. The van der Waals surface area contributed by atoms with Crippen LogP contribution in [0.15, 0.2) is 0 Å². The van der Waals surface area contributed by atoms with Crippen LogP contribution >= 0.6 is 0 Å². The van der Waals surface area contributed by atoms with Gasteiger partial charge in [-0.15, -0.1) is 0 Å². The van der Waals surface area contributed by atoms with E-state index < -0.39 is 0 Å². The van der Waals surface area contributed by atoms with Gasteiger partial charge in [0.15, 0.2) is 0 Å². The van der Waals surface area contributed by atoms with E-state index in [0.29, 0.717) is 5.92 Å². The van der Waals surface area contributed by atoms with Crippen LogP contribution < -0.4 is 5.32 Å². The minimum absolute atomic E-state index is 0.0427. The Hall–Kier alpha value is -0.120. The van der Waals surface area contributed by atoms with Crippen LogP contribution in [-0.2, 0) is 9.47 Å². The van der Waals surface area contributed by atoms with Crippen molar-refractivity contribution >= 4 is 0 Å². The Kier molecular flexibility index (Phi) is 3.81. The molecule has 2 heterocycles. The first kappa shape index (κ1) is 13.3. The SMILES string of the molecule is CC1(C)CC(OCC2CCCNC2)C(C)(C)O1. The van der Waals surface area contributed by atoms with Crippen LogP contribution in [-0.4, -0.2) is 37.0 Å². The lowest BCUT2D eigenvalue weighted by molar-refractivity contribution is -0.107. The molecule has 0 saturated carbocycles. The largest absolute Gasteiger partial charge is 0.375 e. The van der Waals surface area contributed by atoms with Crippen LogP contribution in [0.2, 0.25) is 0 Å². The second-order valence-corrected chi connectivity index (χ2v) is 6.70. The van der Waals surface area contributed by atoms with Crippen molar-refractivity contribution < 1.29 is 9.47 Å². The van der Waals surface area contributed by atoms with E-state index in [0.717, 1.165) is 19.6 Å². The molecule has 17 heavy (non-hydrogen) atoms. The van der Waals surface area contributed by atoms with E-state index >= 15 is 0 Å². The molecule has 2 aliphatic heterocycles. The van der Waals surface area contributed by atoms with Gasteiger partial charge in [-0.2, -0.15) is 0 Å². The Morgan fingerprint density at radius 1 is 1.29 bits per heavy atom. The highest BCUT2D eigenvalue weighted by Crippen LogP contribution is 2.39. The first-order valence-electron chi connectivity index (χ1n) is 6.91. The Balaban J connectivity index is 1.82. The Morgan fingerprint density at radius 3 is 2.59 bits per heavy atom. The second-order valence-electron chi connectivity index (χ2n) is 6.70. The van der Waals surface area contributed by atoms with Crippen LogP contribution in [0.1, 0.15) is 47.0 Å². The summed E-state index contributed by atoms with van der Waals surface area (Å²) in [6, 6.07) is 0. The minimum atomic E-state index is -0.147. The van der Waals surface area contributed by atoms with E-state index in [-0.39, 0.29) is 17.3 Å². The summed E-state index contributed by atoms with van der Waals surface area (Å²) in [6.07, 6.45) is 3.81. The molecule has 100 valence electrons. The fraction of sp³-hybridized carbons (Fsp3) is 1.00. The summed E-state index contributed by atoms with van der Waals surface area (Å²) in [6.45, 7) is 11.7. The summed E-state index contributed by atoms with van der Waals surface area (Å²) in [5.74, 6) is 0.684. The molecule has 2 atom stereocenters. The maximum atomic E-state index is 6.13. The molecule has 0 spiro atoms. The van der Waals surface area contributed by atoms with Crippen molar-refractivity contribution in [2.45, 2.75) is 64.3 Å². The molecular weight excluding hydrogens is 214 g/mol. The van der Waals surface area contributed by atoms with Crippen molar-refractivity contribution in [2.75, 3.05) is 19.7 Å². The Bertz CT molecular complexity index is 257. The molecule has 0 bridgehead atoms. The standard InChI is InChI=1S/C14H27NO2/c1-13(2)8-12(14(3,4)17-13)16-10-11-6-5-7-15-9-11/h11-12,15H,5-10H2,1-4H3. The molecule has 3 heteroatoms. The van der Waals surface area contributed by atoms with Crippen LogP contribution in [0.5, 0.6) is 0 Å². The third-order valence-electron chi connectivity index (χ3n) is 3.92. The summed E-state index contributed by atoms with van der Waals surface area (Å²) in [5, 5.41) is 3.44. The van der Waals surface area contributed by atoms with Crippen molar-refractivity contribution in [3.05, 3.63) is 0 Å². The zero-order valence-electron chi connectivity index (χ0n) is 11.7. The smallest absolute Gasteiger partial charge is 0.0895 e. The van der Waals surface area contributed by atoms with E-state index in [2.05, 4.69) is 33.0 Å². The molecule has 3 nitrogen and oxygen atoms in total. The van der Waals surface area contributed by atoms with Crippen molar-refractivity contribution in [3.63, 3.8) is 0 Å². The summed E-state index contributed by atoms with van der Waals surface area (Å²) >= 11 is 0. The monoisotopic (exact) mass is 241 g/mol. The molecule has 2 fully saturated rings. The normalized spacial score (nSPS) is 36.0. The molecule has 0 aromatic rings. The minimum Gasteiger partial charge on any atom is -0.375 e. The van der Waals surface area contributed by atoms with E-state index in [9.17, 15) is 0 Å². The van der Waals surface area contributed by atoms with Crippen molar-refractivity contribution in [1.82, 2.24) is 5.32 Å². The van der Waals surface area contributed by atoms with Crippen LogP contribution in [0.3, 0.4) is 0 Å². The van der Waals surface area contributed by atoms with Gasteiger partial charge in [0.25, 0.3) is 0 Å². The van der Waals surface area contributed by atoms with Crippen LogP contribution in [0.25, 0.3) is 0 Å². The van der Waals surface area contributed by atoms with Gasteiger partial charge in [-0.05, 0) is 53.0 Å². The highest BCUT2D eigenvalue weighted by Gasteiger charge is 2.46. The molecule has 0 aromatic heterocycles. The van der Waals surface area contributed by atoms with Crippen LogP contribution in [0, 0.1) is 5.92 Å². The van der Waals surface area contributed by atoms with E-state index in [1.165, 1.54) is 19.4 Å². The molecule has 2 aliphatic rings. The number of hydrogen-bond donors (Lipinski definition) is 1. The molecule has 2 rings (SSSR count). The first-order chi connectivity index (χ1) is 7.89.